The van der Waals surface area contributed by atoms with Gasteiger partial charge in [-0.2, -0.15) is 4.31 Å². The van der Waals surface area contributed by atoms with Crippen LogP contribution in [-0.4, -0.2) is 49.3 Å². The van der Waals surface area contributed by atoms with Gasteiger partial charge in [0.1, 0.15) is 9.71 Å². The molecule has 0 saturated heterocycles. The Bertz CT molecular complexity index is 1210. The molecular formula is C20H23N3O5S3. The number of benzene rings is 1. The van der Waals surface area contributed by atoms with Crippen LogP contribution < -0.4 is 5.32 Å². The van der Waals surface area contributed by atoms with Gasteiger partial charge in [-0.05, 0) is 43.7 Å². The number of aromatic nitrogens is 1. The molecule has 31 heavy (non-hydrogen) atoms. The number of hydrogen-bond donors (Lipinski definition) is 1. The zero-order valence-electron chi connectivity index (χ0n) is 17.6. The van der Waals surface area contributed by atoms with E-state index in [9.17, 15) is 18.0 Å². The first-order chi connectivity index (χ1) is 14.7. The molecule has 0 saturated carbocycles. The van der Waals surface area contributed by atoms with E-state index in [2.05, 4.69) is 10.3 Å². The number of esters is 1. The third-order valence-electron chi connectivity index (χ3n) is 4.62. The number of carbonyl (C=O) groups excluding carboxylic acids is 2. The number of hydrogen-bond acceptors (Lipinski definition) is 8. The van der Waals surface area contributed by atoms with Gasteiger partial charge < -0.3 is 4.74 Å². The summed E-state index contributed by atoms with van der Waals surface area (Å²) in [5.74, 6) is -0.767. The van der Waals surface area contributed by atoms with Crippen molar-refractivity contribution in [1.82, 2.24) is 9.29 Å². The molecule has 0 atom stereocenters. The Morgan fingerprint density at radius 2 is 1.74 bits per heavy atom. The Labute approximate surface area is 188 Å². The molecule has 2 heterocycles. The Morgan fingerprint density at radius 3 is 2.29 bits per heavy atom. The first-order valence-corrected chi connectivity index (χ1v) is 12.8. The van der Waals surface area contributed by atoms with Crippen molar-refractivity contribution in [2.24, 2.45) is 0 Å². The Balaban J connectivity index is 1.77. The van der Waals surface area contributed by atoms with Crippen LogP contribution in [0.15, 0.2) is 29.2 Å². The number of ether oxygens (including phenoxy) is 1. The fraction of sp³-hybridized carbons (Fsp3) is 0.350. The molecule has 0 fully saturated rings. The lowest BCUT2D eigenvalue weighted by Crippen LogP contribution is -2.30. The number of thiophene rings is 1. The summed E-state index contributed by atoms with van der Waals surface area (Å²) in [5.41, 5.74) is 1.10. The van der Waals surface area contributed by atoms with Gasteiger partial charge in [0.15, 0.2) is 5.13 Å². The van der Waals surface area contributed by atoms with Gasteiger partial charge in [-0.25, -0.2) is 18.2 Å². The number of amides is 1. The van der Waals surface area contributed by atoms with E-state index in [4.69, 9.17) is 4.74 Å². The third-order valence-corrected chi connectivity index (χ3v) is 9.07. The minimum atomic E-state index is -3.58. The van der Waals surface area contributed by atoms with E-state index in [1.807, 2.05) is 6.92 Å². The van der Waals surface area contributed by atoms with Crippen molar-refractivity contribution >= 4 is 59.2 Å². The van der Waals surface area contributed by atoms with Crippen molar-refractivity contribution in [2.45, 2.75) is 32.6 Å². The van der Waals surface area contributed by atoms with Crippen LogP contribution in [-0.2, 0) is 14.8 Å². The molecule has 1 aromatic carbocycles. The van der Waals surface area contributed by atoms with Gasteiger partial charge in [-0.15, -0.1) is 11.3 Å². The highest BCUT2D eigenvalue weighted by Crippen LogP contribution is 2.37. The van der Waals surface area contributed by atoms with Crippen LogP contribution in [0.1, 0.15) is 46.4 Å². The number of nitrogens with one attached hydrogen (secondary N) is 1. The maximum absolute atomic E-state index is 12.6. The SMILES string of the molecule is CCOC(=O)c1sc2nc(NC(=O)c3ccc(S(=O)(=O)N(CC)CC)cc3)sc2c1C. The number of thiazole rings is 1. The second kappa shape index (κ2) is 9.43. The molecule has 0 spiro atoms. The number of sulfonamides is 1. The summed E-state index contributed by atoms with van der Waals surface area (Å²) in [7, 11) is -3.58. The van der Waals surface area contributed by atoms with Gasteiger partial charge >= 0.3 is 5.97 Å². The second-order valence-corrected chi connectivity index (χ2v) is 10.4. The van der Waals surface area contributed by atoms with Gasteiger partial charge in [-0.3, -0.25) is 10.1 Å². The van der Waals surface area contributed by atoms with Crippen molar-refractivity contribution in [1.29, 1.82) is 0 Å². The van der Waals surface area contributed by atoms with E-state index in [0.717, 1.165) is 10.3 Å². The molecule has 2 aromatic heterocycles. The van der Waals surface area contributed by atoms with Crippen molar-refractivity contribution in [3.63, 3.8) is 0 Å². The molecule has 3 aromatic rings. The minimum absolute atomic E-state index is 0.143. The van der Waals surface area contributed by atoms with Gasteiger partial charge in [0.2, 0.25) is 10.0 Å². The lowest BCUT2D eigenvalue weighted by Gasteiger charge is -2.18. The van der Waals surface area contributed by atoms with Gasteiger partial charge in [0.05, 0.1) is 16.2 Å². The predicted octanol–water partition coefficient (Wildman–Crippen LogP) is 4.13. The molecule has 0 aliphatic carbocycles. The third kappa shape index (κ3) is 4.64. The first kappa shape index (κ1) is 23.3. The predicted molar refractivity (Wildman–Crippen MR) is 123 cm³/mol. The van der Waals surface area contributed by atoms with E-state index >= 15 is 0 Å². The fourth-order valence-electron chi connectivity index (χ4n) is 2.99. The summed E-state index contributed by atoms with van der Waals surface area (Å²) >= 11 is 2.51. The molecule has 1 amide bonds. The summed E-state index contributed by atoms with van der Waals surface area (Å²) < 4.78 is 32.4. The van der Waals surface area contributed by atoms with Crippen LogP contribution in [0.5, 0.6) is 0 Å². The normalized spacial score (nSPS) is 11.8. The van der Waals surface area contributed by atoms with E-state index < -0.39 is 15.9 Å². The quantitative estimate of drug-likeness (QED) is 0.485. The van der Waals surface area contributed by atoms with Crippen LogP contribution in [0.25, 0.3) is 9.53 Å². The van der Waals surface area contributed by atoms with Crippen molar-refractivity contribution in [2.75, 3.05) is 25.0 Å². The number of carbonyl (C=O) groups is 2. The zero-order chi connectivity index (χ0) is 22.8. The molecular weight excluding hydrogens is 458 g/mol. The number of rotatable bonds is 8. The molecule has 0 unspecified atom stereocenters. The maximum Gasteiger partial charge on any atom is 0.348 e. The standard InChI is InChI=1S/C20H23N3O5S3/c1-5-23(6-2)31(26,27)14-10-8-13(9-11-14)17(24)21-20-22-18-15(30-20)12(4)16(29-18)19(25)28-7-3/h8-11H,5-7H2,1-4H3,(H,21,22,24). The number of anilines is 1. The second-order valence-electron chi connectivity index (χ2n) is 6.50. The molecule has 0 radical (unpaired) electrons. The molecule has 166 valence electrons. The van der Waals surface area contributed by atoms with Crippen LogP contribution in [0.2, 0.25) is 0 Å². The molecule has 0 bridgehead atoms. The topological polar surface area (TPSA) is 106 Å². The zero-order valence-corrected chi connectivity index (χ0v) is 20.0. The largest absolute Gasteiger partial charge is 0.462 e. The Hall–Kier alpha value is -2.34. The molecule has 3 rings (SSSR count). The smallest absolute Gasteiger partial charge is 0.348 e. The highest BCUT2D eigenvalue weighted by atomic mass is 32.2. The lowest BCUT2D eigenvalue weighted by atomic mass is 10.2. The number of nitrogens with zero attached hydrogens (tertiary/aromatic N) is 2. The lowest BCUT2D eigenvalue weighted by molar-refractivity contribution is 0.0531. The highest BCUT2D eigenvalue weighted by Gasteiger charge is 2.23. The van der Waals surface area contributed by atoms with Crippen molar-refractivity contribution < 1.29 is 22.7 Å². The Morgan fingerprint density at radius 1 is 1.10 bits per heavy atom. The van der Waals surface area contributed by atoms with Crippen molar-refractivity contribution in [3.05, 3.63) is 40.3 Å². The van der Waals surface area contributed by atoms with E-state index in [0.29, 0.717) is 40.1 Å². The number of fused-ring (bicyclic) bond motifs is 1. The van der Waals surface area contributed by atoms with Crippen LogP contribution in [0.3, 0.4) is 0 Å². The average molecular weight is 482 g/mol. The van der Waals surface area contributed by atoms with Crippen LogP contribution >= 0.6 is 22.7 Å². The average Bonchev–Trinajstić information content (AvgIpc) is 3.27. The summed E-state index contributed by atoms with van der Waals surface area (Å²) in [6.07, 6.45) is 0. The summed E-state index contributed by atoms with van der Waals surface area (Å²) in [6, 6.07) is 5.81. The maximum atomic E-state index is 12.6. The summed E-state index contributed by atoms with van der Waals surface area (Å²) in [5, 5.41) is 3.14. The fourth-order valence-corrected chi connectivity index (χ4v) is 6.66. The van der Waals surface area contributed by atoms with Crippen LogP contribution in [0, 0.1) is 6.92 Å². The van der Waals surface area contributed by atoms with Crippen LogP contribution in [0.4, 0.5) is 5.13 Å². The van der Waals surface area contributed by atoms with Gasteiger partial charge in [0.25, 0.3) is 5.91 Å². The minimum Gasteiger partial charge on any atom is -0.462 e. The Kier molecular flexibility index (Phi) is 7.10. The monoisotopic (exact) mass is 481 g/mol. The summed E-state index contributed by atoms with van der Waals surface area (Å²) in [6.45, 7) is 8.18. The van der Waals surface area contributed by atoms with Gasteiger partial charge in [0, 0.05) is 18.7 Å². The molecule has 0 aliphatic rings. The molecule has 8 nitrogen and oxygen atoms in total. The summed E-state index contributed by atoms with van der Waals surface area (Å²) in [4.78, 5) is 30.3. The van der Waals surface area contributed by atoms with Gasteiger partial charge in [-0.1, -0.05) is 25.2 Å². The molecule has 0 aliphatic heterocycles. The highest BCUT2D eigenvalue weighted by molar-refractivity contribution is 7.89. The molecule has 11 heteroatoms. The van der Waals surface area contributed by atoms with E-state index in [1.165, 1.54) is 51.2 Å². The number of aryl methyl sites for hydroxylation is 1. The molecule has 1 N–H and O–H groups in total. The van der Waals surface area contributed by atoms with Crippen molar-refractivity contribution in [3.8, 4) is 0 Å². The first-order valence-electron chi connectivity index (χ1n) is 9.71. The van der Waals surface area contributed by atoms with E-state index in [-0.39, 0.29) is 10.9 Å². The van der Waals surface area contributed by atoms with E-state index in [1.54, 1.807) is 20.8 Å².